The van der Waals surface area contributed by atoms with Crippen molar-refractivity contribution in [3.8, 4) is 0 Å². The van der Waals surface area contributed by atoms with E-state index in [1.165, 1.54) is 18.1 Å². The number of hydrogen-bond donors (Lipinski definition) is 2. The molecule has 0 radical (unpaired) electrons. The smallest absolute Gasteiger partial charge is 0.303 e. The maximum absolute atomic E-state index is 10.9. The molecule has 0 heterocycles. The van der Waals surface area contributed by atoms with Gasteiger partial charge in [0.05, 0.1) is 0 Å². The third kappa shape index (κ3) is 6.92. The third-order valence-corrected chi connectivity index (χ3v) is 3.12. The Bertz CT molecular complexity index is 440. The van der Waals surface area contributed by atoms with Crippen LogP contribution in [0.3, 0.4) is 0 Å². The fourth-order valence-electron chi connectivity index (χ4n) is 2.20. The minimum atomic E-state index is -0.729. The van der Waals surface area contributed by atoms with Crippen LogP contribution >= 0.6 is 0 Å². The molecule has 0 aliphatic carbocycles. The van der Waals surface area contributed by atoms with Crippen LogP contribution in [0.15, 0.2) is 24.3 Å². The summed E-state index contributed by atoms with van der Waals surface area (Å²) in [5.41, 5.74) is 2.42. The summed E-state index contributed by atoms with van der Waals surface area (Å²) in [6.45, 7) is 3.51. The van der Waals surface area contributed by atoms with E-state index < -0.39 is 5.97 Å². The first kappa shape index (κ1) is 16.2. The van der Waals surface area contributed by atoms with Crippen LogP contribution in [0.25, 0.3) is 0 Å². The molecule has 1 rings (SSSR count). The summed E-state index contributed by atoms with van der Waals surface area (Å²) >= 11 is 0. The first-order valence-electron chi connectivity index (χ1n) is 7.04. The summed E-state index contributed by atoms with van der Waals surface area (Å²) in [6.07, 6.45) is 3.59. The van der Waals surface area contributed by atoms with Gasteiger partial charge in [0.1, 0.15) is 0 Å². The second kappa shape index (κ2) is 8.35. The molecule has 110 valence electrons. The molecule has 0 unspecified atom stereocenters. The van der Waals surface area contributed by atoms with Crippen LogP contribution in [0.2, 0.25) is 0 Å². The molecule has 1 aromatic rings. The van der Waals surface area contributed by atoms with E-state index in [0.717, 1.165) is 25.7 Å². The molecule has 20 heavy (non-hydrogen) atoms. The monoisotopic (exact) mass is 277 g/mol. The normalized spacial score (nSPS) is 11.9. The molecule has 2 N–H and O–H groups in total. The van der Waals surface area contributed by atoms with Crippen molar-refractivity contribution in [1.29, 1.82) is 0 Å². The van der Waals surface area contributed by atoms with Gasteiger partial charge >= 0.3 is 5.97 Å². The number of unbranched alkanes of at least 4 members (excludes halogenated alkanes) is 1. The molecule has 0 spiro atoms. The van der Waals surface area contributed by atoms with Gasteiger partial charge in [0.25, 0.3) is 0 Å². The van der Waals surface area contributed by atoms with Crippen molar-refractivity contribution in [2.24, 2.45) is 0 Å². The highest BCUT2D eigenvalue weighted by Gasteiger charge is 2.05. The summed E-state index contributed by atoms with van der Waals surface area (Å²) < 4.78 is 0. The van der Waals surface area contributed by atoms with Gasteiger partial charge < -0.3 is 10.4 Å². The summed E-state index contributed by atoms with van der Waals surface area (Å²) in [4.78, 5) is 21.3. The van der Waals surface area contributed by atoms with E-state index in [-0.39, 0.29) is 18.4 Å². The van der Waals surface area contributed by atoms with Crippen LogP contribution in [-0.2, 0) is 22.4 Å². The van der Waals surface area contributed by atoms with Crippen molar-refractivity contribution in [2.75, 3.05) is 0 Å². The van der Waals surface area contributed by atoms with Crippen molar-refractivity contribution in [2.45, 2.75) is 52.0 Å². The SMILES string of the molecule is CC(=O)N[C@H](C)Cc1ccc(CCCCC(=O)O)cc1. The number of rotatable bonds is 8. The van der Waals surface area contributed by atoms with Gasteiger partial charge in [0.2, 0.25) is 5.91 Å². The maximum atomic E-state index is 10.9. The van der Waals surface area contributed by atoms with E-state index in [0.29, 0.717) is 0 Å². The maximum Gasteiger partial charge on any atom is 0.303 e. The molecule has 4 nitrogen and oxygen atoms in total. The van der Waals surface area contributed by atoms with E-state index in [1.807, 2.05) is 6.92 Å². The van der Waals surface area contributed by atoms with Crippen LogP contribution < -0.4 is 5.32 Å². The number of benzene rings is 1. The summed E-state index contributed by atoms with van der Waals surface area (Å²) in [7, 11) is 0. The number of nitrogens with one attached hydrogen (secondary N) is 1. The molecule has 0 aliphatic rings. The van der Waals surface area contributed by atoms with Gasteiger partial charge in [-0.05, 0) is 43.7 Å². The van der Waals surface area contributed by atoms with E-state index >= 15 is 0 Å². The number of hydrogen-bond acceptors (Lipinski definition) is 2. The van der Waals surface area contributed by atoms with Crippen LogP contribution in [0.4, 0.5) is 0 Å². The Labute approximate surface area is 120 Å². The highest BCUT2D eigenvalue weighted by molar-refractivity contribution is 5.73. The fourth-order valence-corrected chi connectivity index (χ4v) is 2.20. The lowest BCUT2D eigenvalue weighted by Crippen LogP contribution is -2.31. The molecule has 0 aromatic heterocycles. The zero-order valence-corrected chi connectivity index (χ0v) is 12.2. The van der Waals surface area contributed by atoms with Gasteiger partial charge in [-0.1, -0.05) is 24.3 Å². The standard InChI is InChI=1S/C16H23NO3/c1-12(17-13(2)18)11-15-9-7-14(8-10-15)5-3-4-6-16(19)20/h7-10,12H,3-6,11H2,1-2H3,(H,17,18)(H,19,20)/t12-/m1/s1. The Morgan fingerprint density at radius 2 is 1.75 bits per heavy atom. The average molecular weight is 277 g/mol. The van der Waals surface area contributed by atoms with E-state index in [2.05, 4.69) is 29.6 Å². The summed E-state index contributed by atoms with van der Waals surface area (Å²) in [6, 6.07) is 8.44. The summed E-state index contributed by atoms with van der Waals surface area (Å²) in [5, 5.41) is 11.4. The highest BCUT2D eigenvalue weighted by Crippen LogP contribution is 2.10. The first-order chi connectivity index (χ1) is 9.47. The predicted molar refractivity (Wildman–Crippen MR) is 78.6 cm³/mol. The van der Waals surface area contributed by atoms with Gasteiger partial charge in [0.15, 0.2) is 0 Å². The largest absolute Gasteiger partial charge is 0.481 e. The number of carboxylic acid groups (broad SMARTS) is 1. The molecule has 4 heteroatoms. The molecule has 0 aliphatic heterocycles. The molecule has 0 saturated heterocycles. The number of amides is 1. The molecule has 1 atom stereocenters. The zero-order valence-electron chi connectivity index (χ0n) is 12.2. The number of carboxylic acids is 1. The second-order valence-corrected chi connectivity index (χ2v) is 5.22. The van der Waals surface area contributed by atoms with Gasteiger partial charge in [0, 0.05) is 19.4 Å². The van der Waals surface area contributed by atoms with Crippen LogP contribution in [-0.4, -0.2) is 23.0 Å². The average Bonchev–Trinajstić information content (AvgIpc) is 2.35. The van der Waals surface area contributed by atoms with Crippen LogP contribution in [0, 0.1) is 0 Å². The number of carbonyl (C=O) groups excluding carboxylic acids is 1. The van der Waals surface area contributed by atoms with E-state index in [9.17, 15) is 9.59 Å². The van der Waals surface area contributed by atoms with E-state index in [1.54, 1.807) is 0 Å². The summed E-state index contributed by atoms with van der Waals surface area (Å²) in [5.74, 6) is -0.736. The fraction of sp³-hybridized carbons (Fsp3) is 0.500. The quantitative estimate of drug-likeness (QED) is 0.718. The Hall–Kier alpha value is -1.84. The Morgan fingerprint density at radius 1 is 1.15 bits per heavy atom. The lowest BCUT2D eigenvalue weighted by Gasteiger charge is -2.12. The molecular weight excluding hydrogens is 254 g/mol. The molecule has 0 bridgehead atoms. The van der Waals surface area contributed by atoms with E-state index in [4.69, 9.17) is 5.11 Å². The topological polar surface area (TPSA) is 66.4 Å². The number of carbonyl (C=O) groups is 2. The predicted octanol–water partition coefficient (Wildman–Crippen LogP) is 2.55. The second-order valence-electron chi connectivity index (χ2n) is 5.22. The van der Waals surface area contributed by atoms with Crippen molar-refractivity contribution in [3.63, 3.8) is 0 Å². The molecule has 1 aromatic carbocycles. The molecule has 0 saturated carbocycles. The molecule has 1 amide bonds. The van der Waals surface area contributed by atoms with Gasteiger partial charge in [-0.2, -0.15) is 0 Å². The Kier molecular flexibility index (Phi) is 6.77. The van der Waals surface area contributed by atoms with Gasteiger partial charge in [-0.25, -0.2) is 0 Å². The Morgan fingerprint density at radius 3 is 2.30 bits per heavy atom. The van der Waals surface area contributed by atoms with Crippen molar-refractivity contribution in [1.82, 2.24) is 5.32 Å². The van der Waals surface area contributed by atoms with Crippen LogP contribution in [0.1, 0.15) is 44.2 Å². The minimum Gasteiger partial charge on any atom is -0.481 e. The molecule has 0 fully saturated rings. The van der Waals surface area contributed by atoms with Crippen LogP contribution in [0.5, 0.6) is 0 Å². The van der Waals surface area contributed by atoms with Crippen molar-refractivity contribution in [3.05, 3.63) is 35.4 Å². The third-order valence-electron chi connectivity index (χ3n) is 3.12. The number of aliphatic carboxylic acids is 1. The lowest BCUT2D eigenvalue weighted by molar-refractivity contribution is -0.137. The van der Waals surface area contributed by atoms with Gasteiger partial charge in [-0.15, -0.1) is 0 Å². The Balaban J connectivity index is 2.36. The lowest BCUT2D eigenvalue weighted by atomic mass is 10.0. The highest BCUT2D eigenvalue weighted by atomic mass is 16.4. The van der Waals surface area contributed by atoms with Gasteiger partial charge in [-0.3, -0.25) is 9.59 Å². The molecular formula is C16H23NO3. The van der Waals surface area contributed by atoms with Crippen molar-refractivity contribution >= 4 is 11.9 Å². The first-order valence-corrected chi connectivity index (χ1v) is 7.04. The zero-order chi connectivity index (χ0) is 15.0. The van der Waals surface area contributed by atoms with Crippen molar-refractivity contribution < 1.29 is 14.7 Å². The minimum absolute atomic E-state index is 0.00690. The number of aryl methyl sites for hydroxylation is 1.